The predicted octanol–water partition coefficient (Wildman–Crippen LogP) is 2.91. The van der Waals surface area contributed by atoms with Gasteiger partial charge < -0.3 is 0 Å². The molecule has 1 N–H and O–H groups in total. The van der Waals surface area contributed by atoms with E-state index in [-0.39, 0.29) is 15.5 Å². The molecular formula is C21H24N4O4S2. The van der Waals surface area contributed by atoms with Crippen LogP contribution in [0.15, 0.2) is 76.8 Å². The topological polar surface area (TPSA) is 101 Å². The monoisotopic (exact) mass is 460 g/mol. The molecule has 0 spiro atoms. The zero-order valence-corrected chi connectivity index (χ0v) is 18.5. The summed E-state index contributed by atoms with van der Waals surface area (Å²) in [7, 11) is -7.57. The first-order valence-corrected chi connectivity index (χ1v) is 13.0. The van der Waals surface area contributed by atoms with Gasteiger partial charge in [-0.3, -0.25) is 9.40 Å². The molecule has 1 aliphatic rings. The van der Waals surface area contributed by atoms with Crippen LogP contribution in [0, 0.1) is 0 Å². The van der Waals surface area contributed by atoms with E-state index in [1.807, 2.05) is 30.3 Å². The molecule has 0 radical (unpaired) electrons. The van der Waals surface area contributed by atoms with E-state index in [1.54, 1.807) is 4.68 Å². The largest absolute Gasteiger partial charge is 0.279 e. The summed E-state index contributed by atoms with van der Waals surface area (Å²) in [5.41, 5.74) is 1.19. The molecule has 10 heteroatoms. The molecule has 31 heavy (non-hydrogen) atoms. The molecule has 2 aromatic carbocycles. The van der Waals surface area contributed by atoms with Crippen LogP contribution in [0.3, 0.4) is 0 Å². The van der Waals surface area contributed by atoms with Gasteiger partial charge in [-0.15, -0.1) is 0 Å². The molecule has 0 atom stereocenters. The van der Waals surface area contributed by atoms with Crippen LogP contribution < -0.4 is 4.72 Å². The van der Waals surface area contributed by atoms with E-state index in [4.69, 9.17) is 0 Å². The van der Waals surface area contributed by atoms with Crippen LogP contribution in [0.1, 0.15) is 24.8 Å². The van der Waals surface area contributed by atoms with Gasteiger partial charge in [-0.1, -0.05) is 42.8 Å². The van der Waals surface area contributed by atoms with Crippen LogP contribution >= 0.6 is 0 Å². The van der Waals surface area contributed by atoms with Crippen molar-refractivity contribution in [2.45, 2.75) is 35.6 Å². The maximum Gasteiger partial charge on any atom is 0.265 e. The van der Waals surface area contributed by atoms with Crippen molar-refractivity contribution in [3.8, 4) is 0 Å². The van der Waals surface area contributed by atoms with E-state index in [2.05, 4.69) is 9.82 Å². The third-order valence-corrected chi connectivity index (χ3v) is 8.38. The van der Waals surface area contributed by atoms with Gasteiger partial charge in [0, 0.05) is 19.3 Å². The Morgan fingerprint density at radius 3 is 2.35 bits per heavy atom. The fraction of sp³-hybridized carbons (Fsp3) is 0.286. The molecule has 3 aromatic rings. The summed E-state index contributed by atoms with van der Waals surface area (Å²) in [5, 5.41) is 4.13. The summed E-state index contributed by atoms with van der Waals surface area (Å²) in [5.74, 6) is 0. The van der Waals surface area contributed by atoms with Gasteiger partial charge in [-0.25, -0.2) is 16.8 Å². The third kappa shape index (κ3) is 4.97. The van der Waals surface area contributed by atoms with E-state index in [0.29, 0.717) is 19.6 Å². The second-order valence-corrected chi connectivity index (χ2v) is 11.1. The second kappa shape index (κ2) is 8.81. The lowest BCUT2D eigenvalue weighted by atomic mass is 10.2. The molecule has 0 saturated carbocycles. The Bertz CT molecular complexity index is 1250. The molecule has 164 valence electrons. The van der Waals surface area contributed by atoms with Crippen molar-refractivity contribution < 1.29 is 16.8 Å². The molecule has 4 rings (SSSR count). The van der Waals surface area contributed by atoms with Crippen molar-refractivity contribution in [3.05, 3.63) is 72.6 Å². The number of piperidine rings is 1. The Morgan fingerprint density at radius 2 is 1.61 bits per heavy atom. The van der Waals surface area contributed by atoms with Gasteiger partial charge in [-0.2, -0.15) is 9.40 Å². The first kappa shape index (κ1) is 21.5. The molecule has 0 aliphatic carbocycles. The fourth-order valence-electron chi connectivity index (χ4n) is 3.53. The average molecular weight is 461 g/mol. The van der Waals surface area contributed by atoms with Gasteiger partial charge in [0.2, 0.25) is 10.0 Å². The zero-order valence-electron chi connectivity index (χ0n) is 16.9. The van der Waals surface area contributed by atoms with Gasteiger partial charge in [0.25, 0.3) is 10.0 Å². The van der Waals surface area contributed by atoms with Crippen molar-refractivity contribution in [1.82, 2.24) is 14.1 Å². The number of rotatable bonds is 7. The first-order chi connectivity index (χ1) is 14.8. The normalized spacial score (nSPS) is 15.6. The molecule has 0 bridgehead atoms. The summed E-state index contributed by atoms with van der Waals surface area (Å²) in [4.78, 5) is 0.0853. The molecule has 1 saturated heterocycles. The Morgan fingerprint density at radius 1 is 0.871 bits per heavy atom. The molecule has 2 heterocycles. The number of hydrogen-bond acceptors (Lipinski definition) is 5. The Labute approximate surface area is 182 Å². The number of sulfonamides is 2. The summed E-state index contributed by atoms with van der Waals surface area (Å²) < 4.78 is 56.8. The maximum atomic E-state index is 12.9. The van der Waals surface area contributed by atoms with E-state index in [1.165, 1.54) is 41.0 Å². The maximum absolute atomic E-state index is 12.9. The van der Waals surface area contributed by atoms with Crippen LogP contribution in [0.25, 0.3) is 0 Å². The number of nitrogens with zero attached hydrogens (tertiary/aromatic N) is 3. The number of hydrogen-bond donors (Lipinski definition) is 1. The highest BCUT2D eigenvalue weighted by atomic mass is 32.2. The SMILES string of the molecule is O=S(=O)(Nc1cccc(S(=O)(=O)N2CCCCC2)c1)c1cnn(Cc2ccccc2)c1. The molecule has 1 aromatic heterocycles. The number of aromatic nitrogens is 2. The minimum Gasteiger partial charge on any atom is -0.279 e. The van der Waals surface area contributed by atoms with Crippen molar-refractivity contribution in [2.24, 2.45) is 0 Å². The molecule has 8 nitrogen and oxygen atoms in total. The highest BCUT2D eigenvalue weighted by molar-refractivity contribution is 7.92. The van der Waals surface area contributed by atoms with Gasteiger partial charge >= 0.3 is 0 Å². The van der Waals surface area contributed by atoms with E-state index >= 15 is 0 Å². The number of benzene rings is 2. The molecule has 0 amide bonds. The highest BCUT2D eigenvalue weighted by Gasteiger charge is 2.26. The smallest absolute Gasteiger partial charge is 0.265 e. The third-order valence-electron chi connectivity index (χ3n) is 5.15. The van der Waals surface area contributed by atoms with Crippen molar-refractivity contribution >= 4 is 25.7 Å². The zero-order chi connectivity index (χ0) is 21.9. The number of anilines is 1. The first-order valence-electron chi connectivity index (χ1n) is 10.0. The highest BCUT2D eigenvalue weighted by Crippen LogP contribution is 2.24. The number of nitrogens with one attached hydrogen (secondary N) is 1. The van der Waals surface area contributed by atoms with Crippen LogP contribution in [0.5, 0.6) is 0 Å². The lowest BCUT2D eigenvalue weighted by molar-refractivity contribution is 0.346. The van der Waals surface area contributed by atoms with Crippen molar-refractivity contribution in [1.29, 1.82) is 0 Å². The van der Waals surface area contributed by atoms with Crippen LogP contribution in [-0.4, -0.2) is 44.0 Å². The summed E-state index contributed by atoms with van der Waals surface area (Å²) >= 11 is 0. The molecule has 1 aliphatic heterocycles. The molecule has 1 fully saturated rings. The second-order valence-electron chi connectivity index (χ2n) is 7.46. The van der Waals surface area contributed by atoms with Crippen LogP contribution in [0.4, 0.5) is 5.69 Å². The quantitative estimate of drug-likeness (QED) is 0.584. The van der Waals surface area contributed by atoms with Gasteiger partial charge in [0.15, 0.2) is 0 Å². The minimum absolute atomic E-state index is 0.00715. The Kier molecular flexibility index (Phi) is 6.12. The lowest BCUT2D eigenvalue weighted by Gasteiger charge is -2.26. The van der Waals surface area contributed by atoms with Crippen LogP contribution in [0.2, 0.25) is 0 Å². The van der Waals surface area contributed by atoms with Crippen molar-refractivity contribution in [2.75, 3.05) is 17.8 Å². The Balaban J connectivity index is 1.52. The van der Waals surface area contributed by atoms with E-state index in [9.17, 15) is 16.8 Å². The standard InChI is InChI=1S/C21H24N4O4S2/c26-30(27,21-15-22-24(17-21)16-18-8-3-1-4-9-18)23-19-10-7-11-20(14-19)31(28,29)25-12-5-2-6-13-25/h1,3-4,7-11,14-15,17,23H,2,5-6,12-13,16H2. The lowest BCUT2D eigenvalue weighted by Crippen LogP contribution is -2.35. The summed E-state index contributed by atoms with van der Waals surface area (Å²) in [6, 6.07) is 15.5. The van der Waals surface area contributed by atoms with Gasteiger partial charge in [0.1, 0.15) is 4.90 Å². The van der Waals surface area contributed by atoms with E-state index in [0.717, 1.165) is 24.8 Å². The van der Waals surface area contributed by atoms with Crippen LogP contribution in [-0.2, 0) is 26.6 Å². The van der Waals surface area contributed by atoms with Gasteiger partial charge in [-0.05, 0) is 36.6 Å². The summed E-state index contributed by atoms with van der Waals surface area (Å²) in [6.07, 6.45) is 5.41. The predicted molar refractivity (Wildman–Crippen MR) is 118 cm³/mol. The summed E-state index contributed by atoms with van der Waals surface area (Å²) in [6.45, 7) is 1.41. The minimum atomic E-state index is -3.91. The van der Waals surface area contributed by atoms with Crippen molar-refractivity contribution in [3.63, 3.8) is 0 Å². The fourth-order valence-corrected chi connectivity index (χ4v) is 6.09. The average Bonchev–Trinajstić information content (AvgIpc) is 3.24. The molecule has 0 unspecified atom stereocenters. The Hall–Kier alpha value is -2.69. The van der Waals surface area contributed by atoms with Gasteiger partial charge in [0.05, 0.1) is 23.3 Å². The molecular weight excluding hydrogens is 436 g/mol. The van der Waals surface area contributed by atoms with E-state index < -0.39 is 20.0 Å².